The first kappa shape index (κ1) is 25.7. The Hall–Kier alpha value is -3.89. The molecular formula is C33H31ClN2O2. The average molecular weight is 523 g/mol. The van der Waals surface area contributed by atoms with Crippen LogP contribution in [0.25, 0.3) is 22.2 Å². The zero-order chi connectivity index (χ0) is 26.8. The number of aromatic carboxylic acids is 1. The second-order valence-electron chi connectivity index (χ2n) is 10.3. The maximum absolute atomic E-state index is 11.3. The quantitative estimate of drug-likeness (QED) is 0.222. The molecule has 0 fully saturated rings. The lowest BCUT2D eigenvalue weighted by Crippen LogP contribution is -2.10. The van der Waals surface area contributed by atoms with Crippen LogP contribution in [-0.4, -0.2) is 20.6 Å². The Balaban J connectivity index is 1.57. The van der Waals surface area contributed by atoms with Crippen molar-refractivity contribution in [1.82, 2.24) is 9.55 Å². The molecule has 0 spiro atoms. The fourth-order valence-electron chi connectivity index (χ4n) is 4.99. The van der Waals surface area contributed by atoms with Gasteiger partial charge in [-0.3, -0.25) is 0 Å². The van der Waals surface area contributed by atoms with Gasteiger partial charge in [-0.2, -0.15) is 0 Å². The highest BCUT2D eigenvalue weighted by Crippen LogP contribution is 2.32. The van der Waals surface area contributed by atoms with Crippen LogP contribution >= 0.6 is 11.6 Å². The molecule has 5 heteroatoms. The van der Waals surface area contributed by atoms with Gasteiger partial charge in [-0.15, -0.1) is 0 Å². The maximum Gasteiger partial charge on any atom is 0.335 e. The fourth-order valence-corrected chi connectivity index (χ4v) is 5.19. The van der Waals surface area contributed by atoms with Gasteiger partial charge in [0.2, 0.25) is 0 Å². The predicted molar refractivity (Wildman–Crippen MR) is 155 cm³/mol. The summed E-state index contributed by atoms with van der Waals surface area (Å²) in [6.45, 7) is 7.30. The third-order valence-corrected chi connectivity index (χ3v) is 7.41. The topological polar surface area (TPSA) is 55.1 Å². The van der Waals surface area contributed by atoms with Crippen LogP contribution in [0, 0.1) is 5.92 Å². The van der Waals surface area contributed by atoms with Crippen LogP contribution in [0.15, 0.2) is 91.0 Å². The van der Waals surface area contributed by atoms with Crippen LogP contribution in [-0.2, 0) is 13.0 Å². The van der Waals surface area contributed by atoms with Gasteiger partial charge in [0.1, 0.15) is 5.82 Å². The van der Waals surface area contributed by atoms with Crippen molar-refractivity contribution >= 4 is 28.6 Å². The van der Waals surface area contributed by atoms with Crippen molar-refractivity contribution in [2.45, 2.75) is 39.7 Å². The molecule has 1 atom stereocenters. The monoisotopic (exact) mass is 522 g/mol. The summed E-state index contributed by atoms with van der Waals surface area (Å²) in [5.41, 5.74) is 7.76. The average Bonchev–Trinajstić information content (AvgIpc) is 3.27. The summed E-state index contributed by atoms with van der Waals surface area (Å²) < 4.78 is 2.26. The zero-order valence-corrected chi connectivity index (χ0v) is 22.6. The largest absolute Gasteiger partial charge is 0.478 e. The van der Waals surface area contributed by atoms with Crippen LogP contribution in [0.3, 0.4) is 0 Å². The third-order valence-electron chi connectivity index (χ3n) is 7.04. The van der Waals surface area contributed by atoms with E-state index in [-0.39, 0.29) is 11.5 Å². The maximum atomic E-state index is 11.3. The molecule has 4 nitrogen and oxygen atoms in total. The molecule has 1 N–H and O–H groups in total. The van der Waals surface area contributed by atoms with Gasteiger partial charge < -0.3 is 9.67 Å². The van der Waals surface area contributed by atoms with Gasteiger partial charge in [0.15, 0.2) is 0 Å². The minimum atomic E-state index is -0.929. The molecule has 1 aromatic heterocycles. The van der Waals surface area contributed by atoms with Gasteiger partial charge in [0, 0.05) is 10.9 Å². The van der Waals surface area contributed by atoms with E-state index in [2.05, 4.69) is 73.9 Å². The van der Waals surface area contributed by atoms with E-state index in [1.165, 1.54) is 11.1 Å². The van der Waals surface area contributed by atoms with Crippen LogP contribution in [0.1, 0.15) is 59.6 Å². The van der Waals surface area contributed by atoms with Crippen molar-refractivity contribution in [3.8, 4) is 11.1 Å². The standard InChI is InChI=1S/C33H31ClN2O2/c1-21(2)18-23-8-10-24(11-9-23)22(3)32-35-30-19-27(25-12-14-26(15-13-25)33(37)38)16-17-31(30)36(32)20-28-6-4-5-7-29(28)34/h4-17,19,21-22H,18,20H2,1-3H3,(H,37,38). The minimum absolute atomic E-state index is 0.0799. The van der Waals surface area contributed by atoms with E-state index in [0.717, 1.165) is 45.0 Å². The van der Waals surface area contributed by atoms with E-state index in [1.807, 2.05) is 30.3 Å². The van der Waals surface area contributed by atoms with Crippen molar-refractivity contribution in [2.75, 3.05) is 0 Å². The molecular weight excluding hydrogens is 492 g/mol. The Bertz CT molecular complexity index is 1580. The smallest absolute Gasteiger partial charge is 0.335 e. The molecule has 0 radical (unpaired) electrons. The second-order valence-corrected chi connectivity index (χ2v) is 10.7. The molecule has 0 aliphatic carbocycles. The van der Waals surface area contributed by atoms with Crippen molar-refractivity contribution in [2.24, 2.45) is 5.92 Å². The van der Waals surface area contributed by atoms with Gasteiger partial charge in [0.05, 0.1) is 23.1 Å². The number of halogens is 1. The van der Waals surface area contributed by atoms with Crippen LogP contribution in [0.4, 0.5) is 0 Å². The van der Waals surface area contributed by atoms with Crippen LogP contribution in [0.2, 0.25) is 5.02 Å². The molecule has 0 bridgehead atoms. The SMILES string of the molecule is CC(C)Cc1ccc(C(C)c2nc3cc(-c4ccc(C(=O)O)cc4)ccc3n2Cc2ccccc2Cl)cc1. The first-order valence-electron chi connectivity index (χ1n) is 13.0. The van der Waals surface area contributed by atoms with E-state index in [4.69, 9.17) is 16.6 Å². The zero-order valence-electron chi connectivity index (χ0n) is 21.9. The highest BCUT2D eigenvalue weighted by atomic mass is 35.5. The number of carboxylic acid groups (broad SMARTS) is 1. The molecule has 0 aliphatic rings. The van der Waals surface area contributed by atoms with Gasteiger partial charge in [-0.05, 0) is 70.5 Å². The summed E-state index contributed by atoms with van der Waals surface area (Å²) in [6, 6.07) is 30.0. The summed E-state index contributed by atoms with van der Waals surface area (Å²) in [7, 11) is 0. The molecule has 38 heavy (non-hydrogen) atoms. The first-order chi connectivity index (χ1) is 18.3. The van der Waals surface area contributed by atoms with E-state index < -0.39 is 5.97 Å². The Morgan fingerprint density at radius 2 is 1.58 bits per heavy atom. The highest BCUT2D eigenvalue weighted by Gasteiger charge is 2.20. The number of aromatic nitrogens is 2. The number of benzene rings is 4. The van der Waals surface area contributed by atoms with Crippen LogP contribution in [0.5, 0.6) is 0 Å². The molecule has 1 unspecified atom stereocenters. The summed E-state index contributed by atoms with van der Waals surface area (Å²) in [5, 5.41) is 9.98. The number of imidazole rings is 1. The Morgan fingerprint density at radius 3 is 2.24 bits per heavy atom. The molecule has 5 rings (SSSR count). The third kappa shape index (κ3) is 5.36. The fraction of sp³-hybridized carbons (Fsp3) is 0.212. The van der Waals surface area contributed by atoms with E-state index in [0.29, 0.717) is 12.5 Å². The van der Waals surface area contributed by atoms with Crippen molar-refractivity contribution in [1.29, 1.82) is 0 Å². The minimum Gasteiger partial charge on any atom is -0.478 e. The number of carbonyl (C=O) groups is 1. The van der Waals surface area contributed by atoms with Gasteiger partial charge >= 0.3 is 5.97 Å². The number of hydrogen-bond donors (Lipinski definition) is 1. The number of rotatable bonds is 8. The summed E-state index contributed by atoms with van der Waals surface area (Å²) in [4.78, 5) is 16.4. The Kier molecular flexibility index (Phi) is 7.35. The van der Waals surface area contributed by atoms with Crippen molar-refractivity contribution in [3.05, 3.63) is 124 Å². The highest BCUT2D eigenvalue weighted by molar-refractivity contribution is 6.31. The first-order valence-corrected chi connectivity index (χ1v) is 13.3. The Morgan fingerprint density at radius 1 is 0.895 bits per heavy atom. The molecule has 5 aromatic rings. The normalized spacial score (nSPS) is 12.2. The summed E-state index contributed by atoms with van der Waals surface area (Å²) in [5.74, 6) is 0.750. The van der Waals surface area contributed by atoms with Crippen LogP contribution < -0.4 is 0 Å². The number of carboxylic acids is 1. The van der Waals surface area contributed by atoms with Crippen molar-refractivity contribution < 1.29 is 9.90 Å². The summed E-state index contributed by atoms with van der Waals surface area (Å²) >= 11 is 6.56. The molecule has 192 valence electrons. The van der Waals surface area contributed by atoms with Crippen molar-refractivity contribution in [3.63, 3.8) is 0 Å². The van der Waals surface area contributed by atoms with E-state index in [9.17, 15) is 9.90 Å². The number of fused-ring (bicyclic) bond motifs is 1. The number of nitrogens with zero attached hydrogens (tertiary/aromatic N) is 2. The van der Waals surface area contributed by atoms with E-state index >= 15 is 0 Å². The lowest BCUT2D eigenvalue weighted by molar-refractivity contribution is 0.0697. The Labute approximate surface area is 228 Å². The van der Waals surface area contributed by atoms with Gasteiger partial charge in [0.25, 0.3) is 0 Å². The molecule has 4 aromatic carbocycles. The molecule has 0 saturated heterocycles. The molecule has 1 heterocycles. The van der Waals surface area contributed by atoms with Gasteiger partial charge in [-0.1, -0.05) is 93.0 Å². The summed E-state index contributed by atoms with van der Waals surface area (Å²) in [6.07, 6.45) is 1.07. The number of hydrogen-bond acceptors (Lipinski definition) is 2. The predicted octanol–water partition coefficient (Wildman–Crippen LogP) is 8.45. The van der Waals surface area contributed by atoms with Gasteiger partial charge in [-0.25, -0.2) is 9.78 Å². The molecule has 0 amide bonds. The molecule has 0 saturated carbocycles. The van der Waals surface area contributed by atoms with E-state index in [1.54, 1.807) is 12.1 Å². The second kappa shape index (κ2) is 10.8. The lowest BCUT2D eigenvalue weighted by Gasteiger charge is -2.17. The molecule has 0 aliphatic heterocycles. The lowest BCUT2D eigenvalue weighted by atomic mass is 9.96.